The van der Waals surface area contributed by atoms with E-state index in [4.69, 9.17) is 5.73 Å². The zero-order chi connectivity index (χ0) is 15.9. The van der Waals surface area contributed by atoms with E-state index in [0.717, 1.165) is 17.7 Å². The third kappa shape index (κ3) is 2.67. The summed E-state index contributed by atoms with van der Waals surface area (Å²) in [6, 6.07) is 5.10. The standard InChI is InChI=1S/C17H23N3O2/c1-3-10(2)15-16(21)19-14-7-6-12(11-4-5-11)8-13(14)9-20(15)17(18)22/h6-8,10-11,15H,3-5,9H2,1-2H3,(H2,18,22)(H,19,21). The van der Waals surface area contributed by atoms with Gasteiger partial charge in [-0.05, 0) is 41.9 Å². The van der Waals surface area contributed by atoms with E-state index in [2.05, 4.69) is 17.4 Å². The molecule has 3 N–H and O–H groups in total. The first kappa shape index (κ1) is 14.9. The van der Waals surface area contributed by atoms with Gasteiger partial charge in [-0.3, -0.25) is 4.79 Å². The van der Waals surface area contributed by atoms with Crippen molar-refractivity contribution in [3.63, 3.8) is 0 Å². The molecule has 1 saturated carbocycles. The maximum absolute atomic E-state index is 12.6. The van der Waals surface area contributed by atoms with Crippen molar-refractivity contribution in [3.8, 4) is 0 Å². The van der Waals surface area contributed by atoms with Gasteiger partial charge in [-0.15, -0.1) is 0 Å². The second-order valence-corrected chi connectivity index (χ2v) is 6.48. The molecule has 3 amide bonds. The summed E-state index contributed by atoms with van der Waals surface area (Å²) in [4.78, 5) is 26.0. The molecule has 1 aliphatic heterocycles. The summed E-state index contributed by atoms with van der Waals surface area (Å²) in [5, 5.41) is 2.97. The van der Waals surface area contributed by atoms with Crippen LogP contribution in [-0.4, -0.2) is 22.9 Å². The minimum absolute atomic E-state index is 0.0599. The molecule has 1 aliphatic carbocycles. The number of amides is 3. The summed E-state index contributed by atoms with van der Waals surface area (Å²) >= 11 is 0. The minimum atomic E-state index is -0.537. The van der Waals surface area contributed by atoms with E-state index in [-0.39, 0.29) is 11.8 Å². The van der Waals surface area contributed by atoms with Gasteiger partial charge in [0.25, 0.3) is 0 Å². The van der Waals surface area contributed by atoms with Gasteiger partial charge in [0.2, 0.25) is 5.91 Å². The number of fused-ring (bicyclic) bond motifs is 1. The molecular formula is C17H23N3O2. The van der Waals surface area contributed by atoms with Crippen LogP contribution in [0.2, 0.25) is 0 Å². The number of anilines is 1. The lowest BCUT2D eigenvalue weighted by atomic mass is 9.97. The molecule has 2 unspecified atom stereocenters. The van der Waals surface area contributed by atoms with Gasteiger partial charge in [0.1, 0.15) is 6.04 Å². The smallest absolute Gasteiger partial charge is 0.315 e. The van der Waals surface area contributed by atoms with Gasteiger partial charge in [0.05, 0.1) is 6.54 Å². The lowest BCUT2D eigenvalue weighted by molar-refractivity contribution is -0.121. The summed E-state index contributed by atoms with van der Waals surface area (Å²) in [6.07, 6.45) is 3.26. The van der Waals surface area contributed by atoms with Gasteiger partial charge in [-0.25, -0.2) is 4.79 Å². The highest BCUT2D eigenvalue weighted by Gasteiger charge is 2.36. The Bertz CT molecular complexity index is 610. The number of urea groups is 1. The Labute approximate surface area is 130 Å². The maximum Gasteiger partial charge on any atom is 0.315 e. The quantitative estimate of drug-likeness (QED) is 0.900. The zero-order valence-electron chi connectivity index (χ0n) is 13.1. The Morgan fingerprint density at radius 2 is 2.18 bits per heavy atom. The largest absolute Gasteiger partial charge is 0.351 e. The number of carbonyl (C=O) groups excluding carboxylic acids is 2. The monoisotopic (exact) mass is 301 g/mol. The Morgan fingerprint density at radius 3 is 2.77 bits per heavy atom. The third-order valence-electron chi connectivity index (χ3n) is 4.85. The molecule has 5 nitrogen and oxygen atoms in total. The molecule has 5 heteroatoms. The number of carbonyl (C=O) groups is 2. The maximum atomic E-state index is 12.6. The lowest BCUT2D eigenvalue weighted by Crippen LogP contribution is -2.50. The number of nitrogens with two attached hydrogens (primary N) is 1. The number of benzene rings is 1. The van der Waals surface area contributed by atoms with Gasteiger partial charge >= 0.3 is 6.03 Å². The topological polar surface area (TPSA) is 75.4 Å². The molecule has 2 aliphatic rings. The molecule has 1 heterocycles. The molecule has 1 fully saturated rings. The van der Waals surface area contributed by atoms with Gasteiger partial charge in [-0.1, -0.05) is 32.4 Å². The highest BCUT2D eigenvalue weighted by atomic mass is 16.2. The van der Waals surface area contributed by atoms with Gasteiger partial charge in [-0.2, -0.15) is 0 Å². The molecule has 22 heavy (non-hydrogen) atoms. The Balaban J connectivity index is 1.98. The SMILES string of the molecule is CCC(C)C1C(=O)Nc2ccc(C3CC3)cc2CN1C(N)=O. The normalized spacial score (nSPS) is 22.5. The van der Waals surface area contributed by atoms with E-state index in [1.165, 1.54) is 23.3 Å². The van der Waals surface area contributed by atoms with Gasteiger partial charge in [0.15, 0.2) is 0 Å². The summed E-state index contributed by atoms with van der Waals surface area (Å²) in [6.45, 7) is 4.38. The van der Waals surface area contributed by atoms with Gasteiger partial charge in [0, 0.05) is 5.69 Å². The first-order valence-corrected chi connectivity index (χ1v) is 8.01. The molecule has 0 aromatic heterocycles. The second kappa shape index (κ2) is 5.63. The number of hydrogen-bond donors (Lipinski definition) is 2. The Hall–Kier alpha value is -2.04. The molecule has 1 aromatic rings. The fraction of sp³-hybridized carbons (Fsp3) is 0.529. The zero-order valence-corrected chi connectivity index (χ0v) is 13.1. The number of rotatable bonds is 3. The fourth-order valence-corrected chi connectivity index (χ4v) is 3.17. The average Bonchev–Trinajstić information content (AvgIpc) is 3.31. The van der Waals surface area contributed by atoms with E-state index in [1.807, 2.05) is 19.9 Å². The fourth-order valence-electron chi connectivity index (χ4n) is 3.17. The third-order valence-corrected chi connectivity index (χ3v) is 4.85. The van der Waals surface area contributed by atoms with Gasteiger partial charge < -0.3 is 16.0 Å². The van der Waals surface area contributed by atoms with E-state index in [9.17, 15) is 9.59 Å². The first-order valence-electron chi connectivity index (χ1n) is 8.01. The van der Waals surface area contributed by atoms with Crippen LogP contribution in [0, 0.1) is 5.92 Å². The van der Waals surface area contributed by atoms with E-state index < -0.39 is 12.1 Å². The first-order chi connectivity index (χ1) is 10.5. The highest BCUT2D eigenvalue weighted by Crippen LogP contribution is 2.41. The van der Waals surface area contributed by atoms with Crippen molar-refractivity contribution in [1.29, 1.82) is 0 Å². The number of primary amides is 1. The summed E-state index contributed by atoms with van der Waals surface area (Å²) in [7, 11) is 0. The van der Waals surface area contributed by atoms with E-state index >= 15 is 0 Å². The number of hydrogen-bond acceptors (Lipinski definition) is 2. The Morgan fingerprint density at radius 1 is 1.45 bits per heavy atom. The van der Waals surface area contributed by atoms with Crippen LogP contribution < -0.4 is 11.1 Å². The molecule has 0 radical (unpaired) electrons. The van der Waals surface area contributed by atoms with E-state index in [0.29, 0.717) is 12.5 Å². The molecular weight excluding hydrogens is 278 g/mol. The summed E-state index contributed by atoms with van der Waals surface area (Å²) in [5.74, 6) is 0.549. The minimum Gasteiger partial charge on any atom is -0.351 e. The van der Waals surface area contributed by atoms with Crippen molar-refractivity contribution >= 4 is 17.6 Å². The van der Waals surface area contributed by atoms with Crippen molar-refractivity contribution in [3.05, 3.63) is 29.3 Å². The molecule has 0 bridgehead atoms. The van der Waals surface area contributed by atoms with Crippen LogP contribution in [0.25, 0.3) is 0 Å². The van der Waals surface area contributed by atoms with Crippen LogP contribution in [0.4, 0.5) is 10.5 Å². The van der Waals surface area contributed by atoms with Crippen LogP contribution >= 0.6 is 0 Å². The van der Waals surface area contributed by atoms with Crippen molar-refractivity contribution in [1.82, 2.24) is 4.90 Å². The lowest BCUT2D eigenvalue weighted by Gasteiger charge is -2.30. The van der Waals surface area contributed by atoms with Crippen LogP contribution in [0.5, 0.6) is 0 Å². The van der Waals surface area contributed by atoms with Crippen LogP contribution in [0.15, 0.2) is 18.2 Å². The Kier molecular flexibility index (Phi) is 3.81. The average molecular weight is 301 g/mol. The van der Waals surface area contributed by atoms with E-state index in [1.54, 1.807) is 0 Å². The van der Waals surface area contributed by atoms with Crippen molar-refractivity contribution < 1.29 is 9.59 Å². The highest BCUT2D eigenvalue weighted by molar-refractivity contribution is 5.98. The van der Waals surface area contributed by atoms with Crippen molar-refractivity contribution in [2.45, 2.75) is 51.6 Å². The summed E-state index contributed by atoms with van der Waals surface area (Å²) < 4.78 is 0. The van der Waals surface area contributed by atoms with Crippen molar-refractivity contribution in [2.24, 2.45) is 11.7 Å². The van der Waals surface area contributed by atoms with Crippen LogP contribution in [-0.2, 0) is 11.3 Å². The van der Waals surface area contributed by atoms with Crippen LogP contribution in [0.1, 0.15) is 50.2 Å². The predicted molar refractivity (Wildman–Crippen MR) is 85.4 cm³/mol. The number of nitrogens with one attached hydrogen (secondary N) is 1. The molecule has 0 spiro atoms. The molecule has 2 atom stereocenters. The number of nitrogens with zero attached hydrogens (tertiary/aromatic N) is 1. The second-order valence-electron chi connectivity index (χ2n) is 6.48. The van der Waals surface area contributed by atoms with Crippen LogP contribution in [0.3, 0.4) is 0 Å². The molecule has 0 saturated heterocycles. The summed E-state index contributed by atoms with van der Waals surface area (Å²) in [5.41, 5.74) is 8.62. The molecule has 3 rings (SSSR count). The molecule has 118 valence electrons. The molecule has 1 aromatic carbocycles. The predicted octanol–water partition coefficient (Wildman–Crippen LogP) is 2.81. The van der Waals surface area contributed by atoms with Crippen molar-refractivity contribution in [2.75, 3.05) is 5.32 Å².